The number of nitrogens with zero attached hydrogens (tertiary/aromatic N) is 5. The van der Waals surface area contributed by atoms with E-state index >= 15 is 0 Å². The normalized spacial score (nSPS) is 14.0. The van der Waals surface area contributed by atoms with Gasteiger partial charge in [-0.25, -0.2) is 14.3 Å². The lowest BCUT2D eigenvalue weighted by atomic mass is 10.2. The van der Waals surface area contributed by atoms with Gasteiger partial charge in [0.05, 0.1) is 22.2 Å². The molecular formula is C26H19ClF3N5O3S. The summed E-state index contributed by atoms with van der Waals surface area (Å²) < 4.78 is 47.0. The van der Waals surface area contributed by atoms with Gasteiger partial charge in [0.15, 0.2) is 0 Å². The first-order chi connectivity index (χ1) is 18.6. The van der Waals surface area contributed by atoms with Gasteiger partial charge in [-0.05, 0) is 54.8 Å². The SMILES string of the molecule is Cn1c(N2CCCC2)nc2cc(-n3c(OC(=O)C(F)(F)F)nc4cc(-c5ccc(Cl)cc5)sc4c3=O)ccc21. The fourth-order valence-corrected chi connectivity index (χ4v) is 5.83. The van der Waals surface area contributed by atoms with Crippen LogP contribution in [0, 0.1) is 0 Å². The lowest BCUT2D eigenvalue weighted by molar-refractivity contribution is -0.190. The van der Waals surface area contributed by atoms with E-state index in [2.05, 4.69) is 14.6 Å². The minimum atomic E-state index is -5.28. The molecule has 1 saturated heterocycles. The Morgan fingerprint density at radius 1 is 1.03 bits per heavy atom. The van der Waals surface area contributed by atoms with Gasteiger partial charge in [-0.2, -0.15) is 18.2 Å². The van der Waals surface area contributed by atoms with E-state index < -0.39 is 23.7 Å². The summed E-state index contributed by atoms with van der Waals surface area (Å²) in [6, 6.07) is 12.5. The molecule has 0 spiro atoms. The Bertz CT molecular complexity index is 1800. The Morgan fingerprint density at radius 3 is 2.44 bits per heavy atom. The number of anilines is 1. The van der Waals surface area contributed by atoms with Gasteiger partial charge >= 0.3 is 18.2 Å². The highest BCUT2D eigenvalue weighted by Gasteiger charge is 2.42. The molecule has 39 heavy (non-hydrogen) atoms. The summed E-state index contributed by atoms with van der Waals surface area (Å²) in [5.41, 5.74) is 1.64. The molecule has 0 amide bonds. The summed E-state index contributed by atoms with van der Waals surface area (Å²) in [4.78, 5) is 37.2. The van der Waals surface area contributed by atoms with Crippen LogP contribution in [-0.4, -0.2) is 44.3 Å². The number of ether oxygens (including phenoxy) is 1. The van der Waals surface area contributed by atoms with Crippen molar-refractivity contribution in [1.29, 1.82) is 0 Å². The van der Waals surface area contributed by atoms with Gasteiger partial charge in [0, 0.05) is 30.0 Å². The zero-order chi connectivity index (χ0) is 27.5. The van der Waals surface area contributed by atoms with Crippen molar-refractivity contribution >= 4 is 56.1 Å². The molecule has 0 N–H and O–H groups in total. The fraction of sp³-hybridized carbons (Fsp3) is 0.231. The summed E-state index contributed by atoms with van der Waals surface area (Å²) in [6.45, 7) is 1.74. The van der Waals surface area contributed by atoms with Crippen molar-refractivity contribution in [2.24, 2.45) is 7.05 Å². The first-order valence-electron chi connectivity index (χ1n) is 11.9. The molecule has 0 atom stereocenters. The van der Waals surface area contributed by atoms with Crippen molar-refractivity contribution in [1.82, 2.24) is 19.1 Å². The number of thiophene rings is 1. The maximum atomic E-state index is 13.7. The van der Waals surface area contributed by atoms with Crippen LogP contribution in [0.1, 0.15) is 12.8 Å². The van der Waals surface area contributed by atoms with Crippen LogP contribution in [0.4, 0.5) is 19.1 Å². The number of benzene rings is 2. The number of alkyl halides is 3. The van der Waals surface area contributed by atoms with Crippen molar-refractivity contribution in [3.8, 4) is 22.1 Å². The summed E-state index contributed by atoms with van der Waals surface area (Å²) in [5.74, 6) is -1.72. The second-order valence-electron chi connectivity index (χ2n) is 9.09. The number of aromatic nitrogens is 4. The molecular weight excluding hydrogens is 555 g/mol. The third-order valence-electron chi connectivity index (χ3n) is 6.55. The quantitative estimate of drug-likeness (QED) is 0.256. The highest BCUT2D eigenvalue weighted by molar-refractivity contribution is 7.22. The van der Waals surface area contributed by atoms with E-state index in [1.54, 1.807) is 48.5 Å². The lowest BCUT2D eigenvalue weighted by Gasteiger charge is -2.15. The van der Waals surface area contributed by atoms with E-state index in [0.29, 0.717) is 15.4 Å². The van der Waals surface area contributed by atoms with E-state index in [0.717, 1.165) is 58.9 Å². The fourth-order valence-electron chi connectivity index (χ4n) is 4.67. The molecule has 5 aromatic rings. The van der Waals surface area contributed by atoms with Crippen LogP contribution < -0.4 is 15.2 Å². The molecule has 1 aliphatic rings. The number of esters is 1. The van der Waals surface area contributed by atoms with Crippen LogP contribution in [-0.2, 0) is 11.8 Å². The predicted molar refractivity (Wildman–Crippen MR) is 143 cm³/mol. The molecule has 8 nitrogen and oxygen atoms in total. The van der Waals surface area contributed by atoms with Gasteiger partial charge in [-0.1, -0.05) is 23.7 Å². The largest absolute Gasteiger partial charge is 0.491 e. The van der Waals surface area contributed by atoms with Gasteiger partial charge in [-0.3, -0.25) is 4.79 Å². The summed E-state index contributed by atoms with van der Waals surface area (Å²) >= 11 is 7.10. The Morgan fingerprint density at radius 2 is 1.74 bits per heavy atom. The van der Waals surface area contributed by atoms with Crippen LogP contribution >= 0.6 is 22.9 Å². The Balaban J connectivity index is 1.53. The molecule has 0 bridgehead atoms. The molecule has 200 valence electrons. The Hall–Kier alpha value is -3.90. The second-order valence-corrected chi connectivity index (χ2v) is 10.6. The van der Waals surface area contributed by atoms with Crippen LogP contribution in [0.5, 0.6) is 6.01 Å². The van der Waals surface area contributed by atoms with E-state index in [-0.39, 0.29) is 15.9 Å². The lowest BCUT2D eigenvalue weighted by Crippen LogP contribution is -2.31. The van der Waals surface area contributed by atoms with Crippen LogP contribution in [0.15, 0.2) is 53.3 Å². The third-order valence-corrected chi connectivity index (χ3v) is 7.96. The molecule has 4 heterocycles. The minimum absolute atomic E-state index is 0.103. The molecule has 2 aromatic carbocycles. The van der Waals surface area contributed by atoms with Gasteiger partial charge in [0.25, 0.3) is 5.56 Å². The van der Waals surface area contributed by atoms with Crippen LogP contribution in [0.25, 0.3) is 37.4 Å². The Labute approximate surface area is 227 Å². The predicted octanol–water partition coefficient (Wildman–Crippen LogP) is 5.72. The van der Waals surface area contributed by atoms with Crippen molar-refractivity contribution < 1.29 is 22.7 Å². The maximum absolute atomic E-state index is 13.7. The Kier molecular flexibility index (Phi) is 6.11. The molecule has 6 rings (SSSR count). The standard InChI is InChI=1S/C26H19ClF3N5O3S/c1-33-19-9-8-16(12-17(19)31-24(33)34-10-2-3-11-34)35-22(36)21-18(32-25(35)38-23(37)26(28,29)30)13-20(39-21)14-4-6-15(27)7-5-14/h4-9,12-13H,2-3,10-11H2,1H3. The van der Waals surface area contributed by atoms with Crippen LogP contribution in [0.2, 0.25) is 5.02 Å². The van der Waals surface area contributed by atoms with E-state index in [1.807, 2.05) is 11.6 Å². The van der Waals surface area contributed by atoms with Crippen molar-refractivity contribution in [3.05, 3.63) is 63.9 Å². The van der Waals surface area contributed by atoms with Gasteiger partial charge < -0.3 is 14.2 Å². The van der Waals surface area contributed by atoms with E-state index in [1.165, 1.54) is 0 Å². The van der Waals surface area contributed by atoms with Crippen molar-refractivity contribution in [2.45, 2.75) is 19.0 Å². The highest BCUT2D eigenvalue weighted by Crippen LogP contribution is 2.34. The third kappa shape index (κ3) is 4.53. The molecule has 0 radical (unpaired) electrons. The molecule has 1 aliphatic heterocycles. The number of aryl methyl sites for hydroxylation is 1. The molecule has 0 aliphatic carbocycles. The number of halogens is 4. The number of fused-ring (bicyclic) bond motifs is 2. The number of imidazole rings is 1. The summed E-state index contributed by atoms with van der Waals surface area (Å²) in [6.07, 6.45) is -3.17. The smallest absolute Gasteiger partial charge is 0.385 e. The molecule has 13 heteroatoms. The molecule has 0 saturated carbocycles. The average Bonchev–Trinajstić information content (AvgIpc) is 3.63. The van der Waals surface area contributed by atoms with Crippen LogP contribution in [0.3, 0.4) is 0 Å². The first-order valence-corrected chi connectivity index (χ1v) is 13.1. The number of carbonyl (C=O) groups is 1. The number of carbonyl (C=O) groups excluding carboxylic acids is 1. The second kappa shape index (κ2) is 9.38. The van der Waals surface area contributed by atoms with Gasteiger partial charge in [0.1, 0.15) is 4.70 Å². The molecule has 3 aromatic heterocycles. The van der Waals surface area contributed by atoms with E-state index in [4.69, 9.17) is 16.6 Å². The maximum Gasteiger partial charge on any atom is 0.491 e. The molecule has 0 unspecified atom stereocenters. The summed E-state index contributed by atoms with van der Waals surface area (Å²) in [7, 11) is 1.88. The summed E-state index contributed by atoms with van der Waals surface area (Å²) in [5, 5.41) is 0.527. The monoisotopic (exact) mass is 573 g/mol. The number of rotatable bonds is 4. The van der Waals surface area contributed by atoms with E-state index in [9.17, 15) is 22.8 Å². The topological polar surface area (TPSA) is 82.2 Å². The first kappa shape index (κ1) is 25.4. The number of hydrogen-bond donors (Lipinski definition) is 0. The highest BCUT2D eigenvalue weighted by atomic mass is 35.5. The van der Waals surface area contributed by atoms with Gasteiger partial charge in [-0.15, -0.1) is 11.3 Å². The zero-order valence-electron chi connectivity index (χ0n) is 20.3. The molecule has 1 fully saturated rings. The average molecular weight is 574 g/mol. The number of hydrogen-bond acceptors (Lipinski definition) is 7. The van der Waals surface area contributed by atoms with Gasteiger partial charge in [0.2, 0.25) is 5.95 Å². The minimum Gasteiger partial charge on any atom is -0.385 e. The van der Waals surface area contributed by atoms with Crippen molar-refractivity contribution in [2.75, 3.05) is 18.0 Å². The zero-order valence-corrected chi connectivity index (χ0v) is 21.9. The van der Waals surface area contributed by atoms with Crippen molar-refractivity contribution in [3.63, 3.8) is 0 Å².